The Labute approximate surface area is 103 Å². The van der Waals surface area contributed by atoms with Crippen molar-refractivity contribution in [3.8, 4) is 0 Å². The summed E-state index contributed by atoms with van der Waals surface area (Å²) in [6.07, 6.45) is 6.66. The van der Waals surface area contributed by atoms with Crippen LogP contribution in [0.2, 0.25) is 0 Å². The second-order valence-electron chi connectivity index (χ2n) is 4.39. The summed E-state index contributed by atoms with van der Waals surface area (Å²) < 4.78 is 1.87. The van der Waals surface area contributed by atoms with E-state index >= 15 is 0 Å². The largest absolute Gasteiger partial charge is 0.316 e. The van der Waals surface area contributed by atoms with Crippen molar-refractivity contribution in [1.29, 1.82) is 0 Å². The van der Waals surface area contributed by atoms with Crippen molar-refractivity contribution < 1.29 is 0 Å². The van der Waals surface area contributed by atoms with Gasteiger partial charge >= 0.3 is 0 Å². The van der Waals surface area contributed by atoms with Gasteiger partial charge in [-0.2, -0.15) is 5.10 Å². The molecule has 1 aromatic rings. The zero-order valence-electron chi connectivity index (χ0n) is 10.0. The predicted molar refractivity (Wildman–Crippen MR) is 67.8 cm³/mol. The van der Waals surface area contributed by atoms with Gasteiger partial charge in [0.2, 0.25) is 0 Å². The van der Waals surface area contributed by atoms with E-state index in [2.05, 4.69) is 28.6 Å². The van der Waals surface area contributed by atoms with E-state index in [1.54, 1.807) is 0 Å². The molecule has 5 heteroatoms. The molecule has 0 aromatic carbocycles. The lowest BCUT2D eigenvalue weighted by atomic mass is 10.1. The van der Waals surface area contributed by atoms with Crippen molar-refractivity contribution in [3.63, 3.8) is 0 Å². The van der Waals surface area contributed by atoms with Crippen LogP contribution in [0.3, 0.4) is 0 Å². The summed E-state index contributed by atoms with van der Waals surface area (Å²) in [5, 5.41) is 7.56. The maximum atomic E-state index is 4.20. The normalized spacial score (nSPS) is 21.8. The highest BCUT2D eigenvalue weighted by atomic mass is 35.5. The van der Waals surface area contributed by atoms with Gasteiger partial charge in [0.25, 0.3) is 0 Å². The Morgan fingerprint density at radius 1 is 1.56 bits per heavy atom. The molecule has 0 bridgehead atoms. The van der Waals surface area contributed by atoms with E-state index in [0.717, 1.165) is 13.1 Å². The molecule has 2 heterocycles. The van der Waals surface area contributed by atoms with E-state index in [9.17, 15) is 0 Å². The van der Waals surface area contributed by atoms with Gasteiger partial charge in [-0.1, -0.05) is 0 Å². The first-order chi connectivity index (χ1) is 7.28. The van der Waals surface area contributed by atoms with E-state index in [0.29, 0.717) is 6.04 Å². The molecule has 1 unspecified atom stereocenters. The Hall–Kier alpha value is -0.580. The number of aryl methyl sites for hydroxylation is 1. The standard InChI is InChI=1S/C11H20N4.ClH/c1-12-11-4-3-5-15(9-11)8-10-6-13-14(2)7-10;/h6-7,11-12H,3-5,8-9H2,1-2H3;1H. The van der Waals surface area contributed by atoms with E-state index in [1.165, 1.54) is 24.9 Å². The van der Waals surface area contributed by atoms with Crippen LogP contribution in [0.1, 0.15) is 18.4 Å². The molecule has 1 saturated heterocycles. The van der Waals surface area contributed by atoms with Gasteiger partial charge in [0.05, 0.1) is 6.20 Å². The molecule has 1 N–H and O–H groups in total. The van der Waals surface area contributed by atoms with Crippen molar-refractivity contribution >= 4 is 12.4 Å². The van der Waals surface area contributed by atoms with Gasteiger partial charge in [-0.25, -0.2) is 0 Å². The average molecular weight is 245 g/mol. The number of piperidine rings is 1. The lowest BCUT2D eigenvalue weighted by Gasteiger charge is -2.32. The topological polar surface area (TPSA) is 33.1 Å². The molecule has 0 aliphatic carbocycles. The van der Waals surface area contributed by atoms with Crippen LogP contribution in [-0.2, 0) is 13.6 Å². The summed E-state index contributed by atoms with van der Waals surface area (Å²) in [4.78, 5) is 2.50. The number of aromatic nitrogens is 2. The molecule has 1 fully saturated rings. The molecule has 16 heavy (non-hydrogen) atoms. The summed E-state index contributed by atoms with van der Waals surface area (Å²) >= 11 is 0. The molecule has 0 spiro atoms. The highest BCUT2D eigenvalue weighted by molar-refractivity contribution is 5.85. The molecule has 0 amide bonds. The maximum absolute atomic E-state index is 4.20. The van der Waals surface area contributed by atoms with Gasteiger partial charge in [0.15, 0.2) is 0 Å². The minimum absolute atomic E-state index is 0. The molecule has 0 saturated carbocycles. The third-order valence-corrected chi connectivity index (χ3v) is 3.08. The van der Waals surface area contributed by atoms with E-state index < -0.39 is 0 Å². The van der Waals surface area contributed by atoms with E-state index in [-0.39, 0.29) is 12.4 Å². The fraction of sp³-hybridized carbons (Fsp3) is 0.727. The number of hydrogen-bond donors (Lipinski definition) is 1. The number of likely N-dealkylation sites (tertiary alicyclic amines) is 1. The van der Waals surface area contributed by atoms with E-state index in [1.807, 2.05) is 17.9 Å². The summed E-state index contributed by atoms with van der Waals surface area (Å²) in [7, 11) is 4.02. The average Bonchev–Trinajstić information content (AvgIpc) is 2.64. The molecule has 0 radical (unpaired) electrons. The number of halogens is 1. The van der Waals surface area contributed by atoms with Gasteiger partial charge in [-0.3, -0.25) is 9.58 Å². The second-order valence-corrected chi connectivity index (χ2v) is 4.39. The van der Waals surface area contributed by atoms with Crippen LogP contribution < -0.4 is 5.32 Å². The Balaban J connectivity index is 0.00000128. The van der Waals surface area contributed by atoms with Gasteiger partial charge in [0, 0.05) is 37.9 Å². The summed E-state index contributed by atoms with van der Waals surface area (Å²) in [5.41, 5.74) is 1.31. The minimum atomic E-state index is 0. The predicted octanol–water partition coefficient (Wildman–Crippen LogP) is 1.03. The lowest BCUT2D eigenvalue weighted by molar-refractivity contribution is 0.188. The number of rotatable bonds is 3. The SMILES string of the molecule is CNC1CCCN(Cc2cnn(C)c2)C1.Cl. The Bertz CT molecular complexity index is 313. The lowest BCUT2D eigenvalue weighted by Crippen LogP contribution is -2.43. The number of hydrogen-bond acceptors (Lipinski definition) is 3. The van der Waals surface area contributed by atoms with Crippen LogP contribution in [0, 0.1) is 0 Å². The minimum Gasteiger partial charge on any atom is -0.316 e. The third-order valence-electron chi connectivity index (χ3n) is 3.08. The van der Waals surface area contributed by atoms with Crippen molar-refractivity contribution in [1.82, 2.24) is 20.0 Å². The van der Waals surface area contributed by atoms with Crippen LogP contribution in [0.15, 0.2) is 12.4 Å². The fourth-order valence-electron chi connectivity index (χ4n) is 2.25. The maximum Gasteiger partial charge on any atom is 0.0534 e. The summed E-state index contributed by atoms with van der Waals surface area (Å²) in [5.74, 6) is 0. The zero-order valence-corrected chi connectivity index (χ0v) is 10.8. The van der Waals surface area contributed by atoms with Gasteiger partial charge in [0.1, 0.15) is 0 Å². The molecule has 4 nitrogen and oxygen atoms in total. The first-order valence-electron chi connectivity index (χ1n) is 5.65. The molecule has 1 atom stereocenters. The van der Waals surface area contributed by atoms with Crippen LogP contribution in [0.25, 0.3) is 0 Å². The molecule has 2 rings (SSSR count). The van der Waals surface area contributed by atoms with Crippen molar-refractivity contribution in [2.24, 2.45) is 7.05 Å². The monoisotopic (exact) mass is 244 g/mol. The summed E-state index contributed by atoms with van der Waals surface area (Å²) in [6.45, 7) is 3.41. The quantitative estimate of drug-likeness (QED) is 0.862. The Morgan fingerprint density at radius 2 is 2.38 bits per heavy atom. The number of nitrogens with zero attached hydrogens (tertiary/aromatic N) is 3. The smallest absolute Gasteiger partial charge is 0.0534 e. The molecule has 1 aliphatic heterocycles. The highest BCUT2D eigenvalue weighted by Gasteiger charge is 2.18. The number of nitrogens with one attached hydrogen (secondary N) is 1. The van der Waals surface area contributed by atoms with Gasteiger partial charge < -0.3 is 5.32 Å². The van der Waals surface area contributed by atoms with Crippen LogP contribution in [-0.4, -0.2) is 40.9 Å². The molecule has 92 valence electrons. The molecule has 1 aromatic heterocycles. The van der Waals surface area contributed by atoms with Gasteiger partial charge in [-0.05, 0) is 26.4 Å². The summed E-state index contributed by atoms with van der Waals surface area (Å²) in [6, 6.07) is 0.662. The first-order valence-corrected chi connectivity index (χ1v) is 5.65. The molecule has 1 aliphatic rings. The van der Waals surface area contributed by atoms with Crippen LogP contribution in [0.4, 0.5) is 0 Å². The Morgan fingerprint density at radius 3 is 3.00 bits per heavy atom. The van der Waals surface area contributed by atoms with Crippen LogP contribution in [0.5, 0.6) is 0 Å². The van der Waals surface area contributed by atoms with E-state index in [4.69, 9.17) is 0 Å². The molecular weight excluding hydrogens is 224 g/mol. The second kappa shape index (κ2) is 6.23. The fourth-order valence-corrected chi connectivity index (χ4v) is 2.25. The molecular formula is C11H21ClN4. The van der Waals surface area contributed by atoms with Crippen LogP contribution >= 0.6 is 12.4 Å². The van der Waals surface area contributed by atoms with Crippen molar-refractivity contribution in [2.75, 3.05) is 20.1 Å². The number of likely N-dealkylation sites (N-methyl/N-ethyl adjacent to an activating group) is 1. The zero-order chi connectivity index (χ0) is 10.7. The highest BCUT2D eigenvalue weighted by Crippen LogP contribution is 2.12. The van der Waals surface area contributed by atoms with Crippen molar-refractivity contribution in [2.45, 2.75) is 25.4 Å². The first kappa shape index (κ1) is 13.5. The Kier molecular flexibility index (Phi) is 5.25. The van der Waals surface area contributed by atoms with Gasteiger partial charge in [-0.15, -0.1) is 12.4 Å². The third kappa shape index (κ3) is 3.47. The van der Waals surface area contributed by atoms with Crippen molar-refractivity contribution in [3.05, 3.63) is 18.0 Å².